The first-order chi connectivity index (χ1) is 11.3. The molecule has 2 aromatic rings. The highest BCUT2D eigenvalue weighted by molar-refractivity contribution is 5.32. The summed E-state index contributed by atoms with van der Waals surface area (Å²) in [7, 11) is 0. The van der Waals surface area contributed by atoms with Crippen molar-refractivity contribution in [2.24, 2.45) is 0 Å². The molecule has 0 radical (unpaired) electrons. The zero-order valence-corrected chi connectivity index (χ0v) is 14.1. The van der Waals surface area contributed by atoms with E-state index in [2.05, 4.69) is 61.5 Å². The highest BCUT2D eigenvalue weighted by Crippen LogP contribution is 2.16. The number of para-hydroxylation sites is 1. The number of benzene rings is 2. The van der Waals surface area contributed by atoms with Gasteiger partial charge in [-0.3, -0.25) is 0 Å². The average Bonchev–Trinajstić information content (AvgIpc) is 2.60. The second-order valence-electron chi connectivity index (χ2n) is 6.38. The van der Waals surface area contributed by atoms with Gasteiger partial charge in [-0.1, -0.05) is 42.5 Å². The number of ether oxygens (including phenoxy) is 1. The maximum Gasteiger partial charge on any atom is 0.128 e. The Morgan fingerprint density at radius 2 is 1.39 bits per heavy atom. The van der Waals surface area contributed by atoms with Crippen molar-refractivity contribution >= 4 is 0 Å². The monoisotopic (exact) mass is 312 g/mol. The summed E-state index contributed by atoms with van der Waals surface area (Å²) in [6.07, 6.45) is 0. The van der Waals surface area contributed by atoms with Crippen molar-refractivity contribution in [2.45, 2.75) is 20.0 Å². The SMILES string of the molecule is CCOc1ccccc1C[NH+]1CC[NH+](Cc2ccccc2)CC1. The molecule has 0 saturated carbocycles. The van der Waals surface area contributed by atoms with Crippen molar-refractivity contribution in [1.29, 1.82) is 0 Å². The van der Waals surface area contributed by atoms with Crippen LogP contribution in [0.2, 0.25) is 0 Å². The maximum absolute atomic E-state index is 5.76. The molecular formula is C20H28N2O+2. The summed E-state index contributed by atoms with van der Waals surface area (Å²) in [6.45, 7) is 10.0. The van der Waals surface area contributed by atoms with Crippen LogP contribution in [0, 0.1) is 0 Å². The molecule has 1 saturated heterocycles. The van der Waals surface area contributed by atoms with E-state index in [0.29, 0.717) is 0 Å². The van der Waals surface area contributed by atoms with Gasteiger partial charge in [0.05, 0.1) is 6.61 Å². The summed E-state index contributed by atoms with van der Waals surface area (Å²) in [6, 6.07) is 19.3. The summed E-state index contributed by atoms with van der Waals surface area (Å²) < 4.78 is 5.76. The van der Waals surface area contributed by atoms with E-state index >= 15 is 0 Å². The van der Waals surface area contributed by atoms with Crippen molar-refractivity contribution in [2.75, 3.05) is 32.8 Å². The lowest BCUT2D eigenvalue weighted by atomic mass is 10.1. The van der Waals surface area contributed by atoms with Crippen LogP contribution in [0.15, 0.2) is 54.6 Å². The molecule has 0 amide bonds. The molecule has 0 aliphatic carbocycles. The largest absolute Gasteiger partial charge is 0.493 e. The molecule has 23 heavy (non-hydrogen) atoms. The fraction of sp³-hybridized carbons (Fsp3) is 0.400. The predicted molar refractivity (Wildman–Crippen MR) is 92.9 cm³/mol. The van der Waals surface area contributed by atoms with Gasteiger partial charge in [0.1, 0.15) is 45.0 Å². The normalized spacial score (nSPS) is 21.1. The summed E-state index contributed by atoms with van der Waals surface area (Å²) in [5.41, 5.74) is 2.79. The highest BCUT2D eigenvalue weighted by atomic mass is 16.5. The van der Waals surface area contributed by atoms with Crippen LogP contribution < -0.4 is 14.5 Å². The Labute approximate surface area is 139 Å². The minimum absolute atomic E-state index is 0.737. The Balaban J connectivity index is 1.51. The summed E-state index contributed by atoms with van der Waals surface area (Å²) in [4.78, 5) is 3.38. The predicted octanol–water partition coefficient (Wildman–Crippen LogP) is 0.569. The smallest absolute Gasteiger partial charge is 0.128 e. The van der Waals surface area contributed by atoms with E-state index in [4.69, 9.17) is 4.74 Å². The fourth-order valence-corrected chi connectivity index (χ4v) is 3.41. The van der Waals surface area contributed by atoms with Crippen molar-refractivity contribution in [3.63, 3.8) is 0 Å². The third-order valence-corrected chi connectivity index (χ3v) is 4.67. The van der Waals surface area contributed by atoms with Crippen LogP contribution in [0.4, 0.5) is 0 Å². The van der Waals surface area contributed by atoms with E-state index in [0.717, 1.165) is 25.4 Å². The maximum atomic E-state index is 5.76. The standard InChI is InChI=1S/C20H26N2O/c1-2-23-20-11-7-6-10-19(20)17-22-14-12-21(13-15-22)16-18-8-4-3-5-9-18/h3-11H,2,12-17H2,1H3/p+2. The van der Waals surface area contributed by atoms with Gasteiger partial charge in [-0.15, -0.1) is 0 Å². The van der Waals surface area contributed by atoms with Gasteiger partial charge < -0.3 is 14.5 Å². The lowest BCUT2D eigenvalue weighted by Crippen LogP contribution is -3.27. The number of nitrogens with one attached hydrogen (secondary N) is 2. The molecule has 3 heteroatoms. The van der Waals surface area contributed by atoms with Crippen LogP contribution >= 0.6 is 0 Å². The van der Waals surface area contributed by atoms with Gasteiger partial charge in [-0.25, -0.2) is 0 Å². The van der Waals surface area contributed by atoms with E-state index < -0.39 is 0 Å². The van der Waals surface area contributed by atoms with Crippen molar-refractivity contribution in [1.82, 2.24) is 0 Å². The van der Waals surface area contributed by atoms with Crippen LogP contribution in [-0.4, -0.2) is 32.8 Å². The fourth-order valence-electron chi connectivity index (χ4n) is 3.41. The molecule has 3 rings (SSSR count). The minimum Gasteiger partial charge on any atom is -0.493 e. The van der Waals surface area contributed by atoms with Crippen LogP contribution in [0.5, 0.6) is 5.75 Å². The average molecular weight is 312 g/mol. The first-order valence-corrected chi connectivity index (χ1v) is 8.77. The van der Waals surface area contributed by atoms with Crippen molar-refractivity contribution in [3.05, 3.63) is 65.7 Å². The first kappa shape index (κ1) is 16.0. The first-order valence-electron chi connectivity index (χ1n) is 8.77. The Morgan fingerprint density at radius 3 is 2.09 bits per heavy atom. The molecule has 0 bridgehead atoms. The van der Waals surface area contributed by atoms with Gasteiger partial charge in [0.15, 0.2) is 0 Å². The van der Waals surface area contributed by atoms with Gasteiger partial charge in [0, 0.05) is 11.1 Å². The molecule has 1 fully saturated rings. The van der Waals surface area contributed by atoms with Gasteiger partial charge in [-0.2, -0.15) is 0 Å². The molecular weight excluding hydrogens is 284 g/mol. The lowest BCUT2D eigenvalue weighted by molar-refractivity contribution is -1.02. The van der Waals surface area contributed by atoms with Gasteiger partial charge >= 0.3 is 0 Å². The highest BCUT2D eigenvalue weighted by Gasteiger charge is 2.23. The molecule has 0 spiro atoms. The topological polar surface area (TPSA) is 18.1 Å². The summed E-state index contributed by atoms with van der Waals surface area (Å²) in [5, 5.41) is 0. The van der Waals surface area contributed by atoms with Gasteiger partial charge in [0.25, 0.3) is 0 Å². The Hall–Kier alpha value is -1.84. The summed E-state index contributed by atoms with van der Waals surface area (Å²) in [5.74, 6) is 1.06. The molecule has 1 heterocycles. The summed E-state index contributed by atoms with van der Waals surface area (Å²) >= 11 is 0. The molecule has 1 aliphatic heterocycles. The molecule has 3 nitrogen and oxygen atoms in total. The number of piperazine rings is 1. The molecule has 2 aromatic carbocycles. The Morgan fingerprint density at radius 1 is 0.783 bits per heavy atom. The van der Waals surface area contributed by atoms with Crippen molar-refractivity contribution in [3.8, 4) is 5.75 Å². The zero-order chi connectivity index (χ0) is 15.9. The van der Waals surface area contributed by atoms with E-state index in [9.17, 15) is 0 Å². The Bertz CT molecular complexity index is 592. The van der Waals surface area contributed by atoms with Gasteiger partial charge in [-0.05, 0) is 19.1 Å². The second-order valence-corrected chi connectivity index (χ2v) is 6.38. The number of quaternary nitrogens is 2. The zero-order valence-electron chi connectivity index (χ0n) is 14.1. The van der Waals surface area contributed by atoms with E-state index in [-0.39, 0.29) is 0 Å². The molecule has 0 unspecified atom stereocenters. The quantitative estimate of drug-likeness (QED) is 0.798. The Kier molecular flexibility index (Phi) is 5.67. The second kappa shape index (κ2) is 8.14. The molecule has 0 atom stereocenters. The van der Waals surface area contributed by atoms with Crippen LogP contribution in [0.1, 0.15) is 18.1 Å². The minimum atomic E-state index is 0.737. The number of hydrogen-bond acceptors (Lipinski definition) is 1. The number of hydrogen-bond donors (Lipinski definition) is 2. The van der Waals surface area contributed by atoms with E-state index in [1.807, 2.05) is 0 Å². The molecule has 0 aromatic heterocycles. The van der Waals surface area contributed by atoms with Gasteiger partial charge in [0.2, 0.25) is 0 Å². The molecule has 1 aliphatic rings. The van der Waals surface area contributed by atoms with Crippen molar-refractivity contribution < 1.29 is 14.5 Å². The molecule has 122 valence electrons. The van der Waals surface area contributed by atoms with E-state index in [1.165, 1.54) is 37.3 Å². The molecule has 2 N–H and O–H groups in total. The van der Waals surface area contributed by atoms with E-state index in [1.54, 1.807) is 9.80 Å². The van der Waals surface area contributed by atoms with Crippen LogP contribution in [0.3, 0.4) is 0 Å². The van der Waals surface area contributed by atoms with Crippen LogP contribution in [-0.2, 0) is 13.1 Å². The lowest BCUT2D eigenvalue weighted by Gasteiger charge is -2.30. The number of rotatable bonds is 6. The third kappa shape index (κ3) is 4.57. The van der Waals surface area contributed by atoms with Crippen LogP contribution in [0.25, 0.3) is 0 Å². The third-order valence-electron chi connectivity index (χ3n) is 4.67.